The smallest absolute Gasteiger partial charge is 0.249 e. The summed E-state index contributed by atoms with van der Waals surface area (Å²) in [5.74, 6) is 0.337. The lowest BCUT2D eigenvalue weighted by Gasteiger charge is -2.13. The molecule has 2 aromatic rings. The van der Waals surface area contributed by atoms with Crippen LogP contribution in [-0.2, 0) is 6.61 Å². The minimum atomic E-state index is -0.554. The summed E-state index contributed by atoms with van der Waals surface area (Å²) in [6.07, 6.45) is 0. The highest BCUT2D eigenvalue weighted by atomic mass is 79.9. The molecule has 116 valence electrons. The maximum Gasteiger partial charge on any atom is 0.249 e. The third-order valence-corrected chi connectivity index (χ3v) is 4.29. The minimum Gasteiger partial charge on any atom is -0.493 e. The van der Waals surface area contributed by atoms with E-state index < -0.39 is 5.91 Å². The van der Waals surface area contributed by atoms with Gasteiger partial charge in [0.1, 0.15) is 6.61 Å². The second kappa shape index (κ2) is 7.22. The molecule has 2 aromatic carbocycles. The third kappa shape index (κ3) is 3.85. The monoisotopic (exact) mass is 403 g/mol. The first-order valence-corrected chi connectivity index (χ1v) is 7.71. The maximum atomic E-state index is 11.3. The number of primary amides is 1. The zero-order valence-electron chi connectivity index (χ0n) is 11.5. The Kier molecular flexibility index (Phi) is 5.56. The Morgan fingerprint density at radius 3 is 2.50 bits per heavy atom. The molecule has 0 aromatic heterocycles. The molecule has 2 N–H and O–H groups in total. The van der Waals surface area contributed by atoms with Crippen LogP contribution in [0.25, 0.3) is 0 Å². The average Bonchev–Trinajstić information content (AvgIpc) is 2.48. The molecule has 0 saturated carbocycles. The van der Waals surface area contributed by atoms with Gasteiger partial charge in [-0.15, -0.1) is 0 Å². The summed E-state index contributed by atoms with van der Waals surface area (Å²) >= 11 is 15.1. The zero-order chi connectivity index (χ0) is 16.3. The molecule has 0 aliphatic carbocycles. The van der Waals surface area contributed by atoms with Crippen molar-refractivity contribution >= 4 is 45.0 Å². The summed E-state index contributed by atoms with van der Waals surface area (Å²) < 4.78 is 11.5. The Hall–Kier alpha value is -1.43. The van der Waals surface area contributed by atoms with E-state index in [1.807, 2.05) is 6.07 Å². The average molecular weight is 405 g/mol. The van der Waals surface area contributed by atoms with Gasteiger partial charge in [-0.3, -0.25) is 4.79 Å². The van der Waals surface area contributed by atoms with Gasteiger partial charge in [0.2, 0.25) is 5.91 Å². The van der Waals surface area contributed by atoms with Crippen LogP contribution >= 0.6 is 39.1 Å². The molecule has 0 aliphatic rings. The molecule has 7 heteroatoms. The summed E-state index contributed by atoms with van der Waals surface area (Å²) in [6, 6.07) is 8.40. The van der Waals surface area contributed by atoms with Crippen molar-refractivity contribution in [2.75, 3.05) is 7.11 Å². The molecular weight excluding hydrogens is 393 g/mol. The van der Waals surface area contributed by atoms with E-state index in [4.69, 9.17) is 38.4 Å². The van der Waals surface area contributed by atoms with Gasteiger partial charge in [-0.1, -0.05) is 29.3 Å². The molecule has 1 amide bonds. The maximum absolute atomic E-state index is 11.3. The number of benzene rings is 2. The first kappa shape index (κ1) is 16.9. The molecular formula is C15H12BrCl2NO3. The largest absolute Gasteiger partial charge is 0.493 e. The standard InChI is InChI=1S/C15H12BrCl2NO3/c1-21-13-5-9(15(19)20)10(16)6-14(13)22-7-8-2-3-11(17)12(18)4-8/h2-6H,7H2,1H3,(H2,19,20). The molecule has 0 saturated heterocycles. The van der Waals surface area contributed by atoms with Crippen molar-refractivity contribution in [3.8, 4) is 11.5 Å². The topological polar surface area (TPSA) is 61.5 Å². The molecule has 0 radical (unpaired) electrons. The Bertz CT molecular complexity index is 722. The number of amides is 1. The van der Waals surface area contributed by atoms with E-state index in [1.54, 1.807) is 18.2 Å². The van der Waals surface area contributed by atoms with Gasteiger partial charge in [0.05, 0.1) is 22.7 Å². The molecule has 0 aliphatic heterocycles. The van der Waals surface area contributed by atoms with E-state index >= 15 is 0 Å². The summed E-state index contributed by atoms with van der Waals surface area (Å²) in [6.45, 7) is 0.273. The van der Waals surface area contributed by atoms with E-state index in [-0.39, 0.29) is 6.61 Å². The molecule has 2 rings (SSSR count). The van der Waals surface area contributed by atoms with Gasteiger partial charge in [-0.25, -0.2) is 0 Å². The van der Waals surface area contributed by atoms with Crippen molar-refractivity contribution in [3.05, 3.63) is 56.0 Å². The Balaban J connectivity index is 2.23. The van der Waals surface area contributed by atoms with E-state index in [0.29, 0.717) is 31.6 Å². The number of hydrogen-bond acceptors (Lipinski definition) is 3. The van der Waals surface area contributed by atoms with E-state index in [0.717, 1.165) is 5.56 Å². The van der Waals surface area contributed by atoms with Crippen molar-refractivity contribution in [2.45, 2.75) is 6.61 Å². The second-order valence-electron chi connectivity index (χ2n) is 4.38. The van der Waals surface area contributed by atoms with Crippen LogP contribution in [-0.4, -0.2) is 13.0 Å². The Morgan fingerprint density at radius 2 is 1.91 bits per heavy atom. The minimum absolute atomic E-state index is 0.273. The van der Waals surface area contributed by atoms with Crippen LogP contribution < -0.4 is 15.2 Å². The number of ether oxygens (including phenoxy) is 2. The lowest BCUT2D eigenvalue weighted by Crippen LogP contribution is -2.12. The number of rotatable bonds is 5. The summed E-state index contributed by atoms with van der Waals surface area (Å²) in [7, 11) is 1.49. The van der Waals surface area contributed by atoms with Crippen molar-refractivity contribution in [1.82, 2.24) is 0 Å². The van der Waals surface area contributed by atoms with Gasteiger partial charge < -0.3 is 15.2 Å². The van der Waals surface area contributed by atoms with Gasteiger partial charge in [0, 0.05) is 4.47 Å². The van der Waals surface area contributed by atoms with E-state index in [1.165, 1.54) is 13.2 Å². The number of halogens is 3. The normalized spacial score (nSPS) is 10.4. The van der Waals surface area contributed by atoms with Gasteiger partial charge >= 0.3 is 0 Å². The predicted octanol–water partition coefficient (Wildman–Crippen LogP) is 4.44. The van der Waals surface area contributed by atoms with Crippen LogP contribution in [0.15, 0.2) is 34.8 Å². The van der Waals surface area contributed by atoms with Gasteiger partial charge in [0.25, 0.3) is 0 Å². The molecule has 0 bridgehead atoms. The van der Waals surface area contributed by atoms with Crippen molar-refractivity contribution in [3.63, 3.8) is 0 Å². The Labute approximate surface area is 146 Å². The fraction of sp³-hybridized carbons (Fsp3) is 0.133. The number of carbonyl (C=O) groups excluding carboxylic acids is 1. The summed E-state index contributed by atoms with van der Waals surface area (Å²) in [5, 5.41) is 0.941. The number of methoxy groups -OCH3 is 1. The van der Waals surface area contributed by atoms with Gasteiger partial charge in [-0.2, -0.15) is 0 Å². The van der Waals surface area contributed by atoms with Gasteiger partial charge in [-0.05, 0) is 45.8 Å². The first-order chi connectivity index (χ1) is 10.4. The van der Waals surface area contributed by atoms with Crippen LogP contribution in [0.4, 0.5) is 0 Å². The molecule has 0 heterocycles. The van der Waals surface area contributed by atoms with E-state index in [2.05, 4.69) is 15.9 Å². The molecule has 0 fully saturated rings. The highest BCUT2D eigenvalue weighted by molar-refractivity contribution is 9.10. The SMILES string of the molecule is COc1cc(C(N)=O)c(Br)cc1OCc1ccc(Cl)c(Cl)c1. The van der Waals surface area contributed by atoms with Crippen LogP contribution in [0.1, 0.15) is 15.9 Å². The fourth-order valence-corrected chi connectivity index (χ4v) is 2.63. The lowest BCUT2D eigenvalue weighted by atomic mass is 10.2. The quantitative estimate of drug-likeness (QED) is 0.800. The molecule has 0 atom stereocenters. The van der Waals surface area contributed by atoms with Crippen LogP contribution in [0, 0.1) is 0 Å². The highest BCUT2D eigenvalue weighted by Crippen LogP contribution is 2.34. The number of carbonyl (C=O) groups is 1. The molecule has 22 heavy (non-hydrogen) atoms. The molecule has 4 nitrogen and oxygen atoms in total. The van der Waals surface area contributed by atoms with E-state index in [9.17, 15) is 4.79 Å². The fourth-order valence-electron chi connectivity index (χ4n) is 1.79. The van der Waals surface area contributed by atoms with Gasteiger partial charge in [0.15, 0.2) is 11.5 Å². The Morgan fingerprint density at radius 1 is 1.18 bits per heavy atom. The summed E-state index contributed by atoms with van der Waals surface area (Å²) in [4.78, 5) is 11.3. The summed E-state index contributed by atoms with van der Waals surface area (Å²) in [5.41, 5.74) is 6.46. The number of hydrogen-bond donors (Lipinski definition) is 1. The zero-order valence-corrected chi connectivity index (χ0v) is 14.6. The lowest BCUT2D eigenvalue weighted by molar-refractivity contribution is 0.0999. The van der Waals surface area contributed by atoms with Crippen molar-refractivity contribution in [2.24, 2.45) is 5.73 Å². The molecule has 0 spiro atoms. The first-order valence-electron chi connectivity index (χ1n) is 6.16. The third-order valence-electron chi connectivity index (χ3n) is 2.90. The van der Waals surface area contributed by atoms with Crippen molar-refractivity contribution in [1.29, 1.82) is 0 Å². The predicted molar refractivity (Wildman–Crippen MR) is 90.0 cm³/mol. The van der Waals surface area contributed by atoms with Crippen LogP contribution in [0.5, 0.6) is 11.5 Å². The second-order valence-corrected chi connectivity index (χ2v) is 6.05. The highest BCUT2D eigenvalue weighted by Gasteiger charge is 2.14. The van der Waals surface area contributed by atoms with Crippen molar-refractivity contribution < 1.29 is 14.3 Å². The molecule has 0 unspecified atom stereocenters. The van der Waals surface area contributed by atoms with Crippen LogP contribution in [0.3, 0.4) is 0 Å². The van der Waals surface area contributed by atoms with Crippen LogP contribution in [0.2, 0.25) is 10.0 Å². The number of nitrogens with two attached hydrogens (primary N) is 1.